The fraction of sp³-hybridized carbons (Fsp3) is 0.588. The SMILES string of the molecule is O=C(OCC1CCCN2CCCCC12)c1ccc(F)c(F)c1. The molecule has 0 bridgehead atoms. The molecule has 2 saturated heterocycles. The second kappa shape index (κ2) is 6.73. The lowest BCUT2D eigenvalue weighted by atomic mass is 9.84. The Morgan fingerprint density at radius 1 is 1.14 bits per heavy atom. The molecule has 120 valence electrons. The van der Waals surface area contributed by atoms with Gasteiger partial charge in [-0.15, -0.1) is 0 Å². The number of esters is 1. The third-order valence-electron chi connectivity index (χ3n) is 4.81. The Balaban J connectivity index is 1.59. The van der Waals surface area contributed by atoms with Crippen molar-refractivity contribution in [3.05, 3.63) is 35.4 Å². The number of rotatable bonds is 3. The Bertz CT molecular complexity index is 547. The van der Waals surface area contributed by atoms with Crippen LogP contribution < -0.4 is 0 Å². The molecular formula is C17H21F2NO2. The van der Waals surface area contributed by atoms with Gasteiger partial charge in [0, 0.05) is 12.0 Å². The highest BCUT2D eigenvalue weighted by molar-refractivity contribution is 5.89. The molecule has 2 fully saturated rings. The highest BCUT2D eigenvalue weighted by atomic mass is 19.2. The van der Waals surface area contributed by atoms with Crippen LogP contribution in [0.3, 0.4) is 0 Å². The van der Waals surface area contributed by atoms with E-state index in [1.165, 1.54) is 18.9 Å². The molecular weight excluding hydrogens is 288 g/mol. The summed E-state index contributed by atoms with van der Waals surface area (Å²) in [5.41, 5.74) is 0.0650. The molecule has 3 nitrogen and oxygen atoms in total. The van der Waals surface area contributed by atoms with E-state index in [2.05, 4.69) is 4.90 Å². The van der Waals surface area contributed by atoms with Gasteiger partial charge in [0.25, 0.3) is 0 Å². The summed E-state index contributed by atoms with van der Waals surface area (Å²) in [7, 11) is 0. The Kier molecular flexibility index (Phi) is 4.71. The highest BCUT2D eigenvalue weighted by Gasteiger charge is 2.33. The molecule has 2 aliphatic rings. The number of hydrogen-bond acceptors (Lipinski definition) is 3. The number of piperidine rings is 2. The fourth-order valence-electron chi connectivity index (χ4n) is 3.66. The number of ether oxygens (including phenoxy) is 1. The Hall–Kier alpha value is -1.49. The maximum atomic E-state index is 13.2. The van der Waals surface area contributed by atoms with Gasteiger partial charge in [0.15, 0.2) is 11.6 Å². The van der Waals surface area contributed by atoms with Gasteiger partial charge in [0.05, 0.1) is 12.2 Å². The fourth-order valence-corrected chi connectivity index (χ4v) is 3.66. The molecule has 1 aromatic carbocycles. The molecule has 0 aliphatic carbocycles. The molecule has 2 heterocycles. The van der Waals surface area contributed by atoms with E-state index in [0.717, 1.165) is 44.5 Å². The van der Waals surface area contributed by atoms with Crippen molar-refractivity contribution < 1.29 is 18.3 Å². The van der Waals surface area contributed by atoms with Crippen LogP contribution in [0, 0.1) is 17.6 Å². The first-order valence-corrected chi connectivity index (χ1v) is 8.01. The lowest BCUT2D eigenvalue weighted by Crippen LogP contribution is -2.49. The van der Waals surface area contributed by atoms with Crippen molar-refractivity contribution >= 4 is 5.97 Å². The first-order valence-electron chi connectivity index (χ1n) is 8.01. The lowest BCUT2D eigenvalue weighted by Gasteiger charge is -2.44. The number of nitrogens with zero attached hydrogens (tertiary/aromatic N) is 1. The van der Waals surface area contributed by atoms with Crippen LogP contribution in [0.25, 0.3) is 0 Å². The molecule has 0 saturated carbocycles. The molecule has 1 aromatic rings. The summed E-state index contributed by atoms with van der Waals surface area (Å²) >= 11 is 0. The van der Waals surface area contributed by atoms with Crippen LogP contribution in [0.15, 0.2) is 18.2 Å². The molecule has 2 unspecified atom stereocenters. The van der Waals surface area contributed by atoms with Gasteiger partial charge >= 0.3 is 5.97 Å². The van der Waals surface area contributed by atoms with Crippen LogP contribution in [0.4, 0.5) is 8.78 Å². The second-order valence-electron chi connectivity index (χ2n) is 6.23. The van der Waals surface area contributed by atoms with E-state index in [1.807, 2.05) is 0 Å². The summed E-state index contributed by atoms with van der Waals surface area (Å²) in [6, 6.07) is 3.61. The summed E-state index contributed by atoms with van der Waals surface area (Å²) in [6.07, 6.45) is 5.83. The molecule has 0 radical (unpaired) electrons. The Labute approximate surface area is 129 Å². The molecule has 0 aromatic heterocycles. The molecule has 0 N–H and O–H groups in total. The van der Waals surface area contributed by atoms with Gasteiger partial charge in [-0.2, -0.15) is 0 Å². The van der Waals surface area contributed by atoms with Crippen molar-refractivity contribution in [2.24, 2.45) is 5.92 Å². The monoisotopic (exact) mass is 309 g/mol. The largest absolute Gasteiger partial charge is 0.462 e. The zero-order valence-corrected chi connectivity index (χ0v) is 12.6. The Morgan fingerprint density at radius 3 is 2.77 bits per heavy atom. The van der Waals surface area contributed by atoms with Crippen LogP contribution in [0.1, 0.15) is 42.5 Å². The van der Waals surface area contributed by atoms with Gasteiger partial charge in [0.1, 0.15) is 0 Å². The summed E-state index contributed by atoms with van der Waals surface area (Å²) in [5, 5.41) is 0. The van der Waals surface area contributed by atoms with E-state index >= 15 is 0 Å². The number of benzene rings is 1. The van der Waals surface area contributed by atoms with E-state index in [-0.39, 0.29) is 5.56 Å². The van der Waals surface area contributed by atoms with Crippen molar-refractivity contribution in [2.75, 3.05) is 19.7 Å². The summed E-state index contributed by atoms with van der Waals surface area (Å²) in [6.45, 7) is 2.63. The van der Waals surface area contributed by atoms with E-state index in [1.54, 1.807) is 0 Å². The molecule has 2 atom stereocenters. The quantitative estimate of drug-likeness (QED) is 0.802. The maximum Gasteiger partial charge on any atom is 0.338 e. The van der Waals surface area contributed by atoms with Crippen molar-refractivity contribution in [1.82, 2.24) is 4.90 Å². The average molecular weight is 309 g/mol. The van der Waals surface area contributed by atoms with Crippen LogP contribution in [0.5, 0.6) is 0 Å². The zero-order valence-electron chi connectivity index (χ0n) is 12.6. The van der Waals surface area contributed by atoms with Crippen LogP contribution in [-0.2, 0) is 4.74 Å². The third-order valence-corrected chi connectivity index (χ3v) is 4.81. The molecule has 0 spiro atoms. The lowest BCUT2D eigenvalue weighted by molar-refractivity contribution is 0.00735. The van der Waals surface area contributed by atoms with Gasteiger partial charge < -0.3 is 4.74 Å². The van der Waals surface area contributed by atoms with Crippen molar-refractivity contribution in [3.63, 3.8) is 0 Å². The highest BCUT2D eigenvalue weighted by Crippen LogP contribution is 2.31. The van der Waals surface area contributed by atoms with Gasteiger partial charge in [-0.25, -0.2) is 13.6 Å². The minimum Gasteiger partial charge on any atom is -0.462 e. The Morgan fingerprint density at radius 2 is 1.95 bits per heavy atom. The summed E-state index contributed by atoms with van der Waals surface area (Å²) in [5.74, 6) is -2.21. The number of halogens is 2. The predicted molar refractivity (Wildman–Crippen MR) is 78.6 cm³/mol. The maximum absolute atomic E-state index is 13.2. The average Bonchev–Trinajstić information content (AvgIpc) is 2.55. The van der Waals surface area contributed by atoms with E-state index < -0.39 is 17.6 Å². The first-order chi connectivity index (χ1) is 10.6. The molecule has 2 aliphatic heterocycles. The topological polar surface area (TPSA) is 29.5 Å². The zero-order chi connectivity index (χ0) is 15.5. The predicted octanol–water partition coefficient (Wildman–Crippen LogP) is 3.39. The van der Waals surface area contributed by atoms with Crippen LogP contribution in [0.2, 0.25) is 0 Å². The number of hydrogen-bond donors (Lipinski definition) is 0. The van der Waals surface area contributed by atoms with Gasteiger partial charge in [0.2, 0.25) is 0 Å². The summed E-state index contributed by atoms with van der Waals surface area (Å²) < 4.78 is 31.4. The van der Waals surface area contributed by atoms with Crippen LogP contribution >= 0.6 is 0 Å². The van der Waals surface area contributed by atoms with E-state index in [4.69, 9.17) is 4.74 Å². The van der Waals surface area contributed by atoms with E-state index in [9.17, 15) is 13.6 Å². The second-order valence-corrected chi connectivity index (χ2v) is 6.23. The van der Waals surface area contributed by atoms with Crippen molar-refractivity contribution in [2.45, 2.75) is 38.1 Å². The van der Waals surface area contributed by atoms with Gasteiger partial charge in [-0.1, -0.05) is 6.42 Å². The number of carbonyl (C=O) groups excluding carboxylic acids is 1. The molecule has 0 amide bonds. The minimum absolute atomic E-state index is 0.0650. The first kappa shape index (κ1) is 15.4. The van der Waals surface area contributed by atoms with Gasteiger partial charge in [-0.05, 0) is 57.0 Å². The van der Waals surface area contributed by atoms with Crippen molar-refractivity contribution in [1.29, 1.82) is 0 Å². The number of fused-ring (bicyclic) bond motifs is 1. The molecule has 5 heteroatoms. The van der Waals surface area contributed by atoms with Crippen molar-refractivity contribution in [3.8, 4) is 0 Å². The minimum atomic E-state index is -1.02. The van der Waals surface area contributed by atoms with Gasteiger partial charge in [-0.3, -0.25) is 4.90 Å². The molecule has 3 rings (SSSR count). The smallest absolute Gasteiger partial charge is 0.338 e. The summed E-state index contributed by atoms with van der Waals surface area (Å²) in [4.78, 5) is 14.5. The van der Waals surface area contributed by atoms with Crippen LogP contribution in [-0.4, -0.2) is 36.6 Å². The normalized spacial score (nSPS) is 25.5. The number of carbonyl (C=O) groups is 1. The standard InChI is InChI=1S/C17H21F2NO2/c18-14-7-6-12(10-15(14)19)17(21)22-11-13-4-3-9-20-8-2-1-5-16(13)20/h6-7,10,13,16H,1-5,8-9,11H2. The van der Waals surface area contributed by atoms with E-state index in [0.29, 0.717) is 18.6 Å². The third kappa shape index (κ3) is 3.29. The molecule has 22 heavy (non-hydrogen) atoms.